The van der Waals surface area contributed by atoms with Gasteiger partial charge in [-0.1, -0.05) is 77.0 Å². The van der Waals surface area contributed by atoms with E-state index in [0.29, 0.717) is 32.7 Å². The van der Waals surface area contributed by atoms with Gasteiger partial charge >= 0.3 is 11.9 Å². The van der Waals surface area contributed by atoms with E-state index in [2.05, 4.69) is 21.3 Å². The molecule has 0 aromatic carbocycles. The van der Waals surface area contributed by atoms with E-state index in [9.17, 15) is 33.9 Å². The smallest absolute Gasteiger partial charge is 0.326 e. The fraction of sp³-hybridized carbons (Fsp3) is 0.838. The van der Waals surface area contributed by atoms with Crippen molar-refractivity contribution in [3.8, 4) is 0 Å². The average molecular weight is 761 g/mol. The van der Waals surface area contributed by atoms with Crippen LogP contribution in [0.25, 0.3) is 0 Å². The van der Waals surface area contributed by atoms with Gasteiger partial charge in [0.2, 0.25) is 23.6 Å². The van der Waals surface area contributed by atoms with Crippen LogP contribution in [-0.2, 0) is 47.7 Å². The molecule has 6 N–H and O–H groups in total. The molecular formula is C37H68N4O12. The number of unbranched alkanes of at least 4 members (excludes halogenated alkanes) is 13. The highest BCUT2D eigenvalue weighted by Gasteiger charge is 2.20. The van der Waals surface area contributed by atoms with Crippen molar-refractivity contribution in [3.63, 3.8) is 0 Å². The van der Waals surface area contributed by atoms with Gasteiger partial charge in [0.1, 0.15) is 19.3 Å². The SMILES string of the molecule is CCNC(=O)COCCOCCNC(=O)COCCOCCNC(=O)CC[C@H](NC(=O)CCCCCCCCCCCCCCCCC(=O)O)C(=O)O. The molecule has 1 atom stereocenters. The third-order valence-electron chi connectivity index (χ3n) is 8.06. The molecule has 0 saturated carbocycles. The number of ether oxygens (including phenoxy) is 4. The lowest BCUT2D eigenvalue weighted by Crippen LogP contribution is -2.41. The number of amides is 4. The summed E-state index contributed by atoms with van der Waals surface area (Å²) >= 11 is 0. The van der Waals surface area contributed by atoms with E-state index in [1.807, 2.05) is 6.92 Å². The van der Waals surface area contributed by atoms with Gasteiger partial charge in [0.25, 0.3) is 0 Å². The van der Waals surface area contributed by atoms with Crippen LogP contribution in [0.5, 0.6) is 0 Å². The second kappa shape index (κ2) is 37.0. The molecule has 0 aliphatic heterocycles. The predicted octanol–water partition coefficient (Wildman–Crippen LogP) is 3.10. The molecule has 0 spiro atoms. The Bertz CT molecular complexity index is 985. The third kappa shape index (κ3) is 36.8. The summed E-state index contributed by atoms with van der Waals surface area (Å²) in [7, 11) is 0. The molecule has 53 heavy (non-hydrogen) atoms. The van der Waals surface area contributed by atoms with E-state index in [0.717, 1.165) is 38.5 Å². The maximum Gasteiger partial charge on any atom is 0.326 e. The molecule has 0 aliphatic carbocycles. The lowest BCUT2D eigenvalue weighted by molar-refractivity contribution is -0.142. The Morgan fingerprint density at radius 2 is 0.887 bits per heavy atom. The molecule has 0 aromatic heterocycles. The van der Waals surface area contributed by atoms with Gasteiger partial charge in [0.15, 0.2) is 0 Å². The minimum atomic E-state index is -1.18. The van der Waals surface area contributed by atoms with Crippen molar-refractivity contribution >= 4 is 35.6 Å². The van der Waals surface area contributed by atoms with Gasteiger partial charge in [0, 0.05) is 38.9 Å². The zero-order valence-electron chi connectivity index (χ0n) is 32.1. The molecular weight excluding hydrogens is 692 g/mol. The number of likely N-dealkylation sites (N-methyl/N-ethyl adjacent to an activating group) is 1. The second-order valence-corrected chi connectivity index (χ2v) is 12.8. The molecule has 16 nitrogen and oxygen atoms in total. The molecule has 0 unspecified atom stereocenters. The first-order chi connectivity index (χ1) is 25.6. The Balaban J connectivity index is 3.66. The normalized spacial score (nSPS) is 11.5. The molecule has 4 amide bonds. The molecule has 308 valence electrons. The van der Waals surface area contributed by atoms with Gasteiger partial charge < -0.3 is 50.4 Å². The van der Waals surface area contributed by atoms with Crippen LogP contribution in [0.3, 0.4) is 0 Å². The number of aliphatic carboxylic acids is 2. The zero-order valence-corrected chi connectivity index (χ0v) is 32.1. The van der Waals surface area contributed by atoms with Crippen LogP contribution in [0.4, 0.5) is 0 Å². The Morgan fingerprint density at radius 1 is 0.472 bits per heavy atom. The van der Waals surface area contributed by atoms with Crippen LogP contribution in [0.15, 0.2) is 0 Å². The minimum absolute atomic E-state index is 0.0177. The maximum atomic E-state index is 12.3. The third-order valence-corrected chi connectivity index (χ3v) is 8.06. The summed E-state index contributed by atoms with van der Waals surface area (Å²) in [5, 5.41) is 28.6. The van der Waals surface area contributed by atoms with Crippen molar-refractivity contribution in [2.75, 3.05) is 72.5 Å². The van der Waals surface area contributed by atoms with Crippen LogP contribution in [0, 0.1) is 0 Å². The van der Waals surface area contributed by atoms with E-state index in [-0.39, 0.29) is 95.5 Å². The van der Waals surface area contributed by atoms with Gasteiger partial charge in [-0.05, 0) is 26.2 Å². The first-order valence-corrected chi connectivity index (χ1v) is 19.5. The summed E-state index contributed by atoms with van der Waals surface area (Å²) in [5.41, 5.74) is 0. The molecule has 0 heterocycles. The van der Waals surface area contributed by atoms with Crippen molar-refractivity contribution in [1.29, 1.82) is 0 Å². The number of rotatable bonds is 39. The molecule has 0 radical (unpaired) electrons. The number of nitrogens with one attached hydrogen (secondary N) is 4. The first kappa shape index (κ1) is 49.7. The van der Waals surface area contributed by atoms with Crippen LogP contribution in [0.1, 0.15) is 122 Å². The van der Waals surface area contributed by atoms with E-state index in [1.54, 1.807) is 0 Å². The summed E-state index contributed by atoms with van der Waals surface area (Å²) < 4.78 is 21.1. The number of carbonyl (C=O) groups excluding carboxylic acids is 4. The number of carboxylic acid groups (broad SMARTS) is 2. The van der Waals surface area contributed by atoms with E-state index in [1.165, 1.54) is 44.9 Å². The first-order valence-electron chi connectivity index (χ1n) is 19.5. The average Bonchev–Trinajstić information content (AvgIpc) is 3.11. The fourth-order valence-corrected chi connectivity index (χ4v) is 5.16. The zero-order chi connectivity index (χ0) is 39.2. The summed E-state index contributed by atoms with van der Waals surface area (Å²) in [5.74, 6) is -3.04. The fourth-order valence-electron chi connectivity index (χ4n) is 5.16. The Labute approximate surface area is 315 Å². The minimum Gasteiger partial charge on any atom is -0.481 e. The Morgan fingerprint density at radius 3 is 1.34 bits per heavy atom. The van der Waals surface area contributed by atoms with Crippen molar-refractivity contribution < 1.29 is 57.9 Å². The Hall–Kier alpha value is -3.34. The molecule has 16 heteroatoms. The van der Waals surface area contributed by atoms with E-state index >= 15 is 0 Å². The monoisotopic (exact) mass is 760 g/mol. The molecule has 0 rings (SSSR count). The van der Waals surface area contributed by atoms with Crippen molar-refractivity contribution in [1.82, 2.24) is 21.3 Å². The van der Waals surface area contributed by atoms with Gasteiger partial charge in [-0.15, -0.1) is 0 Å². The Kier molecular flexibility index (Phi) is 34.7. The van der Waals surface area contributed by atoms with Gasteiger partial charge in [-0.25, -0.2) is 4.79 Å². The highest BCUT2D eigenvalue weighted by Crippen LogP contribution is 2.14. The summed E-state index contributed by atoms with van der Waals surface area (Å²) in [4.78, 5) is 69.5. The van der Waals surface area contributed by atoms with Crippen molar-refractivity contribution in [2.45, 2.75) is 129 Å². The van der Waals surface area contributed by atoms with Crippen LogP contribution in [-0.4, -0.2) is 124 Å². The number of hydrogen-bond acceptors (Lipinski definition) is 10. The molecule has 0 aromatic rings. The second-order valence-electron chi connectivity index (χ2n) is 12.8. The largest absolute Gasteiger partial charge is 0.481 e. The maximum absolute atomic E-state index is 12.3. The molecule has 0 bridgehead atoms. The highest BCUT2D eigenvalue weighted by atomic mass is 16.5. The summed E-state index contributed by atoms with van der Waals surface area (Å²) in [6, 6.07) is -1.13. The molecule has 0 fully saturated rings. The van der Waals surface area contributed by atoms with Gasteiger partial charge in [0.05, 0.1) is 39.6 Å². The van der Waals surface area contributed by atoms with Crippen molar-refractivity contribution in [2.24, 2.45) is 0 Å². The number of hydrogen-bond donors (Lipinski definition) is 6. The topological polar surface area (TPSA) is 228 Å². The van der Waals surface area contributed by atoms with Crippen LogP contribution >= 0.6 is 0 Å². The van der Waals surface area contributed by atoms with E-state index in [4.69, 9.17) is 24.1 Å². The van der Waals surface area contributed by atoms with Gasteiger partial charge in [-0.2, -0.15) is 0 Å². The number of carbonyl (C=O) groups is 6. The number of carboxylic acids is 2. The van der Waals surface area contributed by atoms with Crippen LogP contribution < -0.4 is 21.3 Å². The van der Waals surface area contributed by atoms with Crippen molar-refractivity contribution in [3.05, 3.63) is 0 Å². The van der Waals surface area contributed by atoms with Gasteiger partial charge in [-0.3, -0.25) is 24.0 Å². The van der Waals surface area contributed by atoms with Crippen LogP contribution in [0.2, 0.25) is 0 Å². The van der Waals surface area contributed by atoms with E-state index < -0.39 is 18.0 Å². The highest BCUT2D eigenvalue weighted by molar-refractivity contribution is 5.84. The molecule has 0 saturated heterocycles. The summed E-state index contributed by atoms with van der Waals surface area (Å²) in [6.45, 7) is 4.23. The predicted molar refractivity (Wildman–Crippen MR) is 198 cm³/mol. The summed E-state index contributed by atoms with van der Waals surface area (Å²) in [6.07, 6.45) is 15.6. The lowest BCUT2D eigenvalue weighted by Gasteiger charge is -2.14. The quantitative estimate of drug-likeness (QED) is 0.0497. The standard InChI is InChI=1S/C37H68N4O12/c1-2-38-34(44)29-52-27-25-51-24-22-40-35(45)30-53-28-26-50-23-21-39-32(42)20-19-31(37(48)49)41-33(43)17-15-13-11-9-7-5-3-4-6-8-10-12-14-16-18-36(46)47/h31H,2-30H2,1H3,(H,38,44)(H,39,42)(H,40,45)(H,41,43)(H,46,47)(H,48,49)/t31-/m0/s1. The molecule has 0 aliphatic rings. The lowest BCUT2D eigenvalue weighted by atomic mass is 10.0.